The summed E-state index contributed by atoms with van der Waals surface area (Å²) in [5.74, 6) is 0.538. The topological polar surface area (TPSA) is 113 Å². The number of non-ortho nitro benzene ring substituents is 1. The lowest BCUT2D eigenvalue weighted by Gasteiger charge is -2.34. The predicted molar refractivity (Wildman–Crippen MR) is 97.2 cm³/mol. The third-order valence-corrected chi connectivity index (χ3v) is 4.09. The van der Waals surface area contributed by atoms with Gasteiger partial charge in [0.25, 0.3) is 5.69 Å². The van der Waals surface area contributed by atoms with Gasteiger partial charge >= 0.3 is 6.09 Å². The second-order valence-corrected chi connectivity index (χ2v) is 7.45. The lowest BCUT2D eigenvalue weighted by atomic mass is 10.1. The van der Waals surface area contributed by atoms with E-state index in [1.807, 2.05) is 20.8 Å². The van der Waals surface area contributed by atoms with E-state index < -0.39 is 10.5 Å². The molecule has 0 bridgehead atoms. The smallest absolute Gasteiger partial charge is 0.410 e. The fourth-order valence-corrected chi connectivity index (χ4v) is 2.96. The highest BCUT2D eigenvalue weighted by atomic mass is 16.6. The Balaban J connectivity index is 1.67. The molecule has 0 spiro atoms. The summed E-state index contributed by atoms with van der Waals surface area (Å²) in [6, 6.07) is 4.54. The van der Waals surface area contributed by atoms with Crippen molar-refractivity contribution in [3.05, 3.63) is 28.3 Å². The predicted octanol–water partition coefficient (Wildman–Crippen LogP) is 3.28. The number of nitro benzene ring substituents is 1. The molecular weight excluding hydrogens is 338 g/mol. The Labute approximate surface area is 150 Å². The Morgan fingerprint density at radius 2 is 2.23 bits per heavy atom. The van der Waals surface area contributed by atoms with E-state index in [-0.39, 0.29) is 17.8 Å². The molecule has 2 heterocycles. The second kappa shape index (κ2) is 6.81. The summed E-state index contributed by atoms with van der Waals surface area (Å²) in [5.41, 5.74) is 0.742. The van der Waals surface area contributed by atoms with Gasteiger partial charge in [0.2, 0.25) is 5.95 Å². The first-order valence-electron chi connectivity index (χ1n) is 8.60. The van der Waals surface area contributed by atoms with Gasteiger partial charge in [0.1, 0.15) is 5.60 Å². The number of anilines is 1. The highest BCUT2D eigenvalue weighted by Gasteiger charge is 2.28. The van der Waals surface area contributed by atoms with Crippen LogP contribution in [0.4, 0.5) is 16.4 Å². The van der Waals surface area contributed by atoms with E-state index in [1.54, 1.807) is 11.0 Å². The van der Waals surface area contributed by atoms with Gasteiger partial charge in [0.05, 0.1) is 16.0 Å². The van der Waals surface area contributed by atoms with Crippen molar-refractivity contribution in [3.8, 4) is 0 Å². The normalized spacial score (nSPS) is 18.0. The van der Waals surface area contributed by atoms with Crippen molar-refractivity contribution in [2.24, 2.45) is 0 Å². The standard InChI is InChI=1S/C17H23N5O4/c1-17(2,3)26-16(23)21-8-4-5-11(10-21)18-15-19-13-7-6-12(22(24)25)9-14(13)20-15/h6-7,9,11H,4-5,8,10H2,1-3H3,(H2,18,19,20)/t11-/m1/s1. The van der Waals surface area contributed by atoms with Gasteiger partial charge in [0, 0.05) is 31.3 Å². The minimum absolute atomic E-state index is 0.0152. The molecule has 1 aromatic carbocycles. The van der Waals surface area contributed by atoms with Gasteiger partial charge in [-0.2, -0.15) is 0 Å². The van der Waals surface area contributed by atoms with Crippen molar-refractivity contribution in [2.45, 2.75) is 45.3 Å². The number of ether oxygens (including phenoxy) is 1. The average Bonchev–Trinajstić information content (AvgIpc) is 2.94. The number of carbonyl (C=O) groups is 1. The van der Waals surface area contributed by atoms with Gasteiger partial charge in [-0.1, -0.05) is 0 Å². The Morgan fingerprint density at radius 1 is 1.46 bits per heavy atom. The van der Waals surface area contributed by atoms with Crippen LogP contribution >= 0.6 is 0 Å². The van der Waals surface area contributed by atoms with Crippen LogP contribution in [0.5, 0.6) is 0 Å². The number of amides is 1. The van der Waals surface area contributed by atoms with E-state index in [0.717, 1.165) is 12.8 Å². The Hall–Kier alpha value is -2.84. The number of aromatic amines is 1. The highest BCUT2D eigenvalue weighted by molar-refractivity contribution is 5.80. The quantitative estimate of drug-likeness (QED) is 0.640. The molecule has 9 heteroatoms. The van der Waals surface area contributed by atoms with Crippen LogP contribution in [0.1, 0.15) is 33.6 Å². The van der Waals surface area contributed by atoms with E-state index in [1.165, 1.54) is 12.1 Å². The number of imidazole rings is 1. The number of nitrogens with one attached hydrogen (secondary N) is 2. The van der Waals surface area contributed by atoms with Crippen molar-refractivity contribution in [1.82, 2.24) is 14.9 Å². The lowest BCUT2D eigenvalue weighted by Crippen LogP contribution is -2.47. The maximum absolute atomic E-state index is 12.2. The summed E-state index contributed by atoms with van der Waals surface area (Å²) in [6.07, 6.45) is 1.45. The van der Waals surface area contributed by atoms with E-state index in [0.29, 0.717) is 30.1 Å². The average molecular weight is 361 g/mol. The summed E-state index contributed by atoms with van der Waals surface area (Å²) >= 11 is 0. The van der Waals surface area contributed by atoms with Gasteiger partial charge in [-0.05, 0) is 39.7 Å². The molecular formula is C17H23N5O4. The molecule has 9 nitrogen and oxygen atoms in total. The summed E-state index contributed by atoms with van der Waals surface area (Å²) in [5, 5.41) is 14.2. The van der Waals surface area contributed by atoms with Crippen molar-refractivity contribution < 1.29 is 14.5 Å². The Bertz CT molecular complexity index is 826. The molecule has 0 aliphatic carbocycles. The number of benzene rings is 1. The second-order valence-electron chi connectivity index (χ2n) is 7.45. The van der Waals surface area contributed by atoms with Crippen molar-refractivity contribution >= 4 is 28.8 Å². The van der Waals surface area contributed by atoms with Crippen molar-refractivity contribution in [3.63, 3.8) is 0 Å². The van der Waals surface area contributed by atoms with E-state index in [2.05, 4.69) is 15.3 Å². The van der Waals surface area contributed by atoms with Crippen LogP contribution < -0.4 is 5.32 Å². The van der Waals surface area contributed by atoms with Crippen LogP contribution in [0.2, 0.25) is 0 Å². The number of H-pyrrole nitrogens is 1. The fraction of sp³-hybridized carbons (Fsp3) is 0.529. The maximum atomic E-state index is 12.2. The number of fused-ring (bicyclic) bond motifs is 1. The van der Waals surface area contributed by atoms with Gasteiger partial charge < -0.3 is 19.9 Å². The van der Waals surface area contributed by atoms with E-state index in [9.17, 15) is 14.9 Å². The van der Waals surface area contributed by atoms with Crippen LogP contribution in [0.15, 0.2) is 18.2 Å². The summed E-state index contributed by atoms with van der Waals surface area (Å²) < 4.78 is 5.43. The number of rotatable bonds is 3. The van der Waals surface area contributed by atoms with Gasteiger partial charge in [-0.15, -0.1) is 0 Å². The fourth-order valence-electron chi connectivity index (χ4n) is 2.96. The van der Waals surface area contributed by atoms with Crippen LogP contribution in [0.25, 0.3) is 11.0 Å². The molecule has 2 N–H and O–H groups in total. The minimum atomic E-state index is -0.523. The number of nitro groups is 1. The molecule has 140 valence electrons. The SMILES string of the molecule is CC(C)(C)OC(=O)N1CCC[C@@H](Nc2nc3ccc([N+](=O)[O-])cc3[nH]2)C1. The molecule has 0 unspecified atom stereocenters. The van der Waals surface area contributed by atoms with Gasteiger partial charge in [-0.3, -0.25) is 10.1 Å². The number of hydrogen-bond acceptors (Lipinski definition) is 6. The summed E-state index contributed by atoms with van der Waals surface area (Å²) in [4.78, 5) is 31.8. The summed E-state index contributed by atoms with van der Waals surface area (Å²) in [6.45, 7) is 6.72. The molecule has 1 fully saturated rings. The number of hydrogen-bond donors (Lipinski definition) is 2. The number of carbonyl (C=O) groups excluding carboxylic acids is 1. The molecule has 0 saturated carbocycles. The molecule has 1 aromatic heterocycles. The molecule has 3 rings (SSSR count). The van der Waals surface area contributed by atoms with E-state index in [4.69, 9.17) is 4.74 Å². The lowest BCUT2D eigenvalue weighted by molar-refractivity contribution is -0.384. The van der Waals surface area contributed by atoms with Crippen molar-refractivity contribution in [2.75, 3.05) is 18.4 Å². The number of aromatic nitrogens is 2. The first-order valence-corrected chi connectivity index (χ1v) is 8.60. The van der Waals surface area contributed by atoms with Crippen molar-refractivity contribution in [1.29, 1.82) is 0 Å². The zero-order valence-electron chi connectivity index (χ0n) is 15.1. The molecule has 1 aliphatic heterocycles. The highest BCUT2D eigenvalue weighted by Crippen LogP contribution is 2.22. The molecule has 26 heavy (non-hydrogen) atoms. The molecule has 0 radical (unpaired) electrons. The molecule has 1 saturated heterocycles. The van der Waals surface area contributed by atoms with Gasteiger partial charge in [-0.25, -0.2) is 9.78 Å². The monoisotopic (exact) mass is 361 g/mol. The number of piperidine rings is 1. The van der Waals surface area contributed by atoms with Crippen LogP contribution in [-0.2, 0) is 4.74 Å². The first kappa shape index (κ1) is 18.0. The maximum Gasteiger partial charge on any atom is 0.410 e. The summed E-state index contributed by atoms with van der Waals surface area (Å²) in [7, 11) is 0. The zero-order valence-corrected chi connectivity index (χ0v) is 15.1. The number of nitrogens with zero attached hydrogens (tertiary/aromatic N) is 3. The third-order valence-electron chi connectivity index (χ3n) is 4.09. The van der Waals surface area contributed by atoms with Crippen LogP contribution in [-0.4, -0.2) is 50.6 Å². The Kier molecular flexibility index (Phi) is 4.71. The zero-order chi connectivity index (χ0) is 18.9. The largest absolute Gasteiger partial charge is 0.444 e. The minimum Gasteiger partial charge on any atom is -0.444 e. The molecule has 2 aromatic rings. The van der Waals surface area contributed by atoms with Crippen LogP contribution in [0.3, 0.4) is 0 Å². The third kappa shape index (κ3) is 4.22. The Morgan fingerprint density at radius 3 is 2.92 bits per heavy atom. The van der Waals surface area contributed by atoms with Gasteiger partial charge in [0.15, 0.2) is 0 Å². The first-order chi connectivity index (χ1) is 12.2. The number of likely N-dealkylation sites (tertiary alicyclic amines) is 1. The van der Waals surface area contributed by atoms with Crippen LogP contribution in [0, 0.1) is 10.1 Å². The van der Waals surface area contributed by atoms with E-state index >= 15 is 0 Å². The molecule has 1 aliphatic rings. The molecule has 1 amide bonds. The molecule has 1 atom stereocenters.